The lowest BCUT2D eigenvalue weighted by Crippen LogP contribution is -2.24. The molecule has 0 spiro atoms. The predicted molar refractivity (Wildman–Crippen MR) is 67.6 cm³/mol. The summed E-state index contributed by atoms with van der Waals surface area (Å²) in [4.78, 5) is 0.457. The Morgan fingerprint density at radius 2 is 2.27 bits per heavy atom. The van der Waals surface area contributed by atoms with Gasteiger partial charge in [-0.3, -0.25) is 0 Å². The number of halogens is 1. The van der Waals surface area contributed by atoms with Crippen LogP contribution in [0.4, 0.5) is 0 Å². The van der Waals surface area contributed by atoms with Gasteiger partial charge in [-0.1, -0.05) is 36.8 Å². The van der Waals surface area contributed by atoms with Crippen molar-refractivity contribution in [1.82, 2.24) is 0 Å². The lowest BCUT2D eigenvalue weighted by molar-refractivity contribution is 0.293. The molecule has 1 aromatic rings. The maximum absolute atomic E-state index is 6.00. The third kappa shape index (κ3) is 3.68. The zero-order chi connectivity index (χ0) is 11.4. The summed E-state index contributed by atoms with van der Waals surface area (Å²) >= 11 is 10.9. The van der Waals surface area contributed by atoms with Crippen LogP contribution in [0.25, 0.3) is 0 Å². The highest BCUT2D eigenvalue weighted by molar-refractivity contribution is 7.80. The molecule has 0 fully saturated rings. The minimum absolute atomic E-state index is 0.0531. The van der Waals surface area contributed by atoms with Crippen LogP contribution >= 0.6 is 23.8 Å². The van der Waals surface area contributed by atoms with Gasteiger partial charge in [0.15, 0.2) is 0 Å². The molecule has 0 bridgehead atoms. The van der Waals surface area contributed by atoms with Crippen LogP contribution in [0, 0.1) is 12.8 Å². The van der Waals surface area contributed by atoms with Gasteiger partial charge in [0.25, 0.3) is 0 Å². The average molecular weight is 244 g/mol. The first kappa shape index (κ1) is 12.3. The second kappa shape index (κ2) is 5.33. The molecular weight excluding hydrogens is 230 g/mol. The van der Waals surface area contributed by atoms with E-state index in [9.17, 15) is 0 Å². The third-order valence-electron chi connectivity index (χ3n) is 2.06. The average Bonchev–Trinajstić information content (AvgIpc) is 2.15. The van der Waals surface area contributed by atoms with Crippen molar-refractivity contribution in [3.8, 4) is 5.75 Å². The summed E-state index contributed by atoms with van der Waals surface area (Å²) in [6, 6.07) is 5.67. The third-order valence-corrected chi connectivity index (χ3v) is 2.76. The number of benzene rings is 1. The molecule has 1 atom stereocenters. The van der Waals surface area contributed by atoms with Gasteiger partial charge in [-0.05, 0) is 24.6 Å². The van der Waals surface area contributed by atoms with Gasteiger partial charge in [-0.15, -0.1) is 0 Å². The van der Waals surface area contributed by atoms with Crippen molar-refractivity contribution in [1.29, 1.82) is 0 Å². The van der Waals surface area contributed by atoms with E-state index in [1.54, 1.807) is 0 Å². The summed E-state index contributed by atoms with van der Waals surface area (Å²) in [6.07, 6.45) is 0. The highest BCUT2D eigenvalue weighted by atomic mass is 35.5. The molecule has 15 heavy (non-hydrogen) atoms. The molecule has 0 amide bonds. The number of nitrogens with two attached hydrogens (primary N) is 1. The second-order valence-corrected chi connectivity index (χ2v) is 4.43. The van der Waals surface area contributed by atoms with Gasteiger partial charge in [0.1, 0.15) is 5.75 Å². The van der Waals surface area contributed by atoms with Crippen LogP contribution in [0.3, 0.4) is 0 Å². The normalized spacial score (nSPS) is 12.2. The molecule has 82 valence electrons. The molecule has 0 radical (unpaired) electrons. The molecule has 1 unspecified atom stereocenters. The number of ether oxygens (including phenoxy) is 1. The Kier molecular flexibility index (Phi) is 4.36. The summed E-state index contributed by atoms with van der Waals surface area (Å²) in [7, 11) is 0. The van der Waals surface area contributed by atoms with Gasteiger partial charge in [-0.25, -0.2) is 0 Å². The molecule has 0 aromatic heterocycles. The Labute approximate surface area is 100 Å². The largest absolute Gasteiger partial charge is 0.491 e. The molecule has 1 rings (SSSR count). The fourth-order valence-electron chi connectivity index (χ4n) is 1.02. The first-order valence-electron chi connectivity index (χ1n) is 4.69. The zero-order valence-electron chi connectivity index (χ0n) is 8.79. The van der Waals surface area contributed by atoms with Crippen molar-refractivity contribution in [2.45, 2.75) is 13.8 Å². The van der Waals surface area contributed by atoms with E-state index in [0.717, 1.165) is 5.56 Å². The number of hydrogen-bond acceptors (Lipinski definition) is 2. The SMILES string of the molecule is Cc1ccc(OCC(C)C(N)=S)c(Cl)c1. The van der Waals surface area contributed by atoms with E-state index in [0.29, 0.717) is 22.4 Å². The fourth-order valence-corrected chi connectivity index (χ4v) is 1.38. The quantitative estimate of drug-likeness (QED) is 0.826. The highest BCUT2D eigenvalue weighted by Crippen LogP contribution is 2.25. The molecule has 0 heterocycles. The molecule has 4 heteroatoms. The summed E-state index contributed by atoms with van der Waals surface area (Å²) in [5.74, 6) is 0.725. The molecule has 0 saturated heterocycles. The molecule has 2 N–H and O–H groups in total. The number of rotatable bonds is 4. The van der Waals surface area contributed by atoms with E-state index >= 15 is 0 Å². The van der Waals surface area contributed by atoms with Gasteiger partial charge in [0, 0.05) is 5.92 Å². The Morgan fingerprint density at radius 3 is 2.80 bits per heavy atom. The van der Waals surface area contributed by atoms with Crippen LogP contribution in [0.2, 0.25) is 5.02 Å². The van der Waals surface area contributed by atoms with Crippen LogP contribution in [0.15, 0.2) is 18.2 Å². The molecule has 2 nitrogen and oxygen atoms in total. The van der Waals surface area contributed by atoms with Gasteiger partial charge in [0.2, 0.25) is 0 Å². The molecule has 0 aliphatic rings. The molecular formula is C11H14ClNOS. The van der Waals surface area contributed by atoms with E-state index < -0.39 is 0 Å². The molecule has 0 aliphatic carbocycles. The van der Waals surface area contributed by atoms with Crippen molar-refractivity contribution >= 4 is 28.8 Å². The zero-order valence-corrected chi connectivity index (χ0v) is 10.4. The van der Waals surface area contributed by atoms with Gasteiger partial charge >= 0.3 is 0 Å². The van der Waals surface area contributed by atoms with Crippen LogP contribution < -0.4 is 10.5 Å². The van der Waals surface area contributed by atoms with Gasteiger partial charge in [-0.2, -0.15) is 0 Å². The Balaban J connectivity index is 2.62. The van der Waals surface area contributed by atoms with E-state index in [1.807, 2.05) is 32.0 Å². The topological polar surface area (TPSA) is 35.2 Å². The van der Waals surface area contributed by atoms with Gasteiger partial charge < -0.3 is 10.5 Å². The summed E-state index contributed by atoms with van der Waals surface area (Å²) in [6.45, 7) is 4.36. The van der Waals surface area contributed by atoms with E-state index in [2.05, 4.69) is 0 Å². The van der Waals surface area contributed by atoms with Crippen molar-refractivity contribution in [2.75, 3.05) is 6.61 Å². The van der Waals surface area contributed by atoms with Crippen molar-refractivity contribution in [2.24, 2.45) is 11.7 Å². The lowest BCUT2D eigenvalue weighted by atomic mass is 10.2. The van der Waals surface area contributed by atoms with Crippen LogP contribution in [-0.4, -0.2) is 11.6 Å². The molecule has 0 aliphatic heterocycles. The Bertz CT molecular complexity index is 368. The maximum atomic E-state index is 6.00. The first-order valence-corrected chi connectivity index (χ1v) is 5.47. The highest BCUT2D eigenvalue weighted by Gasteiger charge is 2.07. The first-order chi connectivity index (χ1) is 7.00. The number of thiocarbonyl (C=S) groups is 1. The smallest absolute Gasteiger partial charge is 0.137 e. The van der Waals surface area contributed by atoms with E-state index in [1.165, 1.54) is 0 Å². The summed E-state index contributed by atoms with van der Waals surface area (Å²) in [5.41, 5.74) is 6.59. The summed E-state index contributed by atoms with van der Waals surface area (Å²) in [5, 5.41) is 0.616. The lowest BCUT2D eigenvalue weighted by Gasteiger charge is -2.12. The van der Waals surface area contributed by atoms with Crippen LogP contribution in [0.5, 0.6) is 5.75 Å². The maximum Gasteiger partial charge on any atom is 0.137 e. The monoisotopic (exact) mass is 243 g/mol. The van der Waals surface area contributed by atoms with E-state index in [-0.39, 0.29) is 5.92 Å². The molecule has 0 saturated carbocycles. The molecule has 1 aromatic carbocycles. The minimum Gasteiger partial charge on any atom is -0.491 e. The number of hydrogen-bond donors (Lipinski definition) is 1. The van der Waals surface area contributed by atoms with Crippen LogP contribution in [0.1, 0.15) is 12.5 Å². The van der Waals surface area contributed by atoms with E-state index in [4.69, 9.17) is 34.3 Å². The van der Waals surface area contributed by atoms with Gasteiger partial charge in [0.05, 0.1) is 16.6 Å². The van der Waals surface area contributed by atoms with Crippen molar-refractivity contribution in [3.05, 3.63) is 28.8 Å². The Morgan fingerprint density at radius 1 is 1.60 bits per heavy atom. The fraction of sp³-hybridized carbons (Fsp3) is 0.364. The minimum atomic E-state index is 0.0531. The number of aryl methyl sites for hydroxylation is 1. The summed E-state index contributed by atoms with van der Waals surface area (Å²) < 4.78 is 5.52. The van der Waals surface area contributed by atoms with Crippen molar-refractivity contribution in [3.63, 3.8) is 0 Å². The predicted octanol–water partition coefficient (Wildman–Crippen LogP) is 2.95. The standard InChI is InChI=1S/C11H14ClNOS/c1-7-3-4-10(9(12)5-7)14-6-8(2)11(13)15/h3-5,8H,6H2,1-2H3,(H2,13,15). The Hall–Kier alpha value is -0.800. The van der Waals surface area contributed by atoms with Crippen LogP contribution in [-0.2, 0) is 0 Å². The van der Waals surface area contributed by atoms with Crippen molar-refractivity contribution < 1.29 is 4.74 Å². The second-order valence-electron chi connectivity index (χ2n) is 3.55.